The number of benzene rings is 2. The van der Waals surface area contributed by atoms with Gasteiger partial charge in [-0.1, -0.05) is 35.4 Å². The standard InChI is InChI=1S/C22H27ClN2O4S/c1-14-6-9-20-17(10-14)19(12-22(3,4)29-20)24-21(26)13-25(30(5,27)28)16-8-7-15(2)18(23)11-16/h6-11,19H,12-13H2,1-5H3,(H,24,26). The number of aryl methyl sites for hydroxylation is 2. The Kier molecular flexibility index (Phi) is 6.07. The van der Waals surface area contributed by atoms with E-state index in [0.29, 0.717) is 17.1 Å². The minimum Gasteiger partial charge on any atom is -0.487 e. The van der Waals surface area contributed by atoms with Gasteiger partial charge in [-0.05, 0) is 51.5 Å². The Bertz CT molecular complexity index is 1080. The molecule has 0 saturated carbocycles. The van der Waals surface area contributed by atoms with Crippen LogP contribution in [0.5, 0.6) is 5.75 Å². The van der Waals surface area contributed by atoms with E-state index in [1.54, 1.807) is 18.2 Å². The zero-order valence-corrected chi connectivity index (χ0v) is 19.4. The fraction of sp³-hybridized carbons (Fsp3) is 0.409. The number of nitrogens with one attached hydrogen (secondary N) is 1. The van der Waals surface area contributed by atoms with E-state index in [9.17, 15) is 13.2 Å². The highest BCUT2D eigenvalue weighted by Crippen LogP contribution is 2.39. The fourth-order valence-corrected chi connectivity index (χ4v) is 4.63. The van der Waals surface area contributed by atoms with Gasteiger partial charge >= 0.3 is 0 Å². The first-order chi connectivity index (χ1) is 13.9. The topological polar surface area (TPSA) is 75.7 Å². The summed E-state index contributed by atoms with van der Waals surface area (Å²) in [6.07, 6.45) is 1.65. The third-order valence-electron chi connectivity index (χ3n) is 5.09. The summed E-state index contributed by atoms with van der Waals surface area (Å²) < 4.78 is 31.9. The molecule has 1 atom stereocenters. The summed E-state index contributed by atoms with van der Waals surface area (Å²) in [6, 6.07) is 10.5. The van der Waals surface area contributed by atoms with Crippen LogP contribution in [0.1, 0.15) is 43.0 Å². The number of rotatable bonds is 5. The first kappa shape index (κ1) is 22.4. The molecule has 1 aliphatic rings. The van der Waals surface area contributed by atoms with Crippen molar-refractivity contribution in [3.63, 3.8) is 0 Å². The number of fused-ring (bicyclic) bond motifs is 1. The number of sulfonamides is 1. The van der Waals surface area contributed by atoms with Crippen LogP contribution in [0.4, 0.5) is 5.69 Å². The van der Waals surface area contributed by atoms with Crippen LogP contribution < -0.4 is 14.4 Å². The molecule has 0 fully saturated rings. The first-order valence-corrected chi connectivity index (χ1v) is 11.9. The van der Waals surface area contributed by atoms with Crippen LogP contribution >= 0.6 is 11.6 Å². The first-order valence-electron chi connectivity index (χ1n) is 9.68. The van der Waals surface area contributed by atoms with Gasteiger partial charge in [-0.3, -0.25) is 9.10 Å². The Morgan fingerprint density at radius 3 is 2.57 bits per heavy atom. The average Bonchev–Trinajstić information content (AvgIpc) is 2.61. The van der Waals surface area contributed by atoms with Crippen molar-refractivity contribution in [1.82, 2.24) is 5.32 Å². The van der Waals surface area contributed by atoms with Crippen LogP contribution in [0.2, 0.25) is 5.02 Å². The van der Waals surface area contributed by atoms with E-state index in [1.807, 2.05) is 45.9 Å². The van der Waals surface area contributed by atoms with Crippen LogP contribution in [0, 0.1) is 13.8 Å². The summed E-state index contributed by atoms with van der Waals surface area (Å²) >= 11 is 6.17. The summed E-state index contributed by atoms with van der Waals surface area (Å²) in [4.78, 5) is 12.9. The van der Waals surface area contributed by atoms with Gasteiger partial charge in [0.1, 0.15) is 17.9 Å². The molecule has 0 saturated heterocycles. The molecule has 162 valence electrons. The summed E-state index contributed by atoms with van der Waals surface area (Å²) in [5, 5.41) is 3.44. The van der Waals surface area contributed by atoms with E-state index in [0.717, 1.165) is 33.0 Å². The van der Waals surface area contributed by atoms with Crippen LogP contribution in [-0.4, -0.2) is 32.7 Å². The predicted octanol–water partition coefficient (Wildman–Crippen LogP) is 4.14. The Morgan fingerprint density at radius 2 is 1.93 bits per heavy atom. The zero-order valence-electron chi connectivity index (χ0n) is 17.8. The van der Waals surface area contributed by atoms with Gasteiger partial charge < -0.3 is 10.1 Å². The molecule has 6 nitrogen and oxygen atoms in total. The lowest BCUT2D eigenvalue weighted by atomic mass is 9.89. The summed E-state index contributed by atoms with van der Waals surface area (Å²) in [6.45, 7) is 7.40. The molecule has 0 aliphatic carbocycles. The number of carbonyl (C=O) groups excluding carboxylic acids is 1. The molecule has 0 aromatic heterocycles. The maximum Gasteiger partial charge on any atom is 0.241 e. The lowest BCUT2D eigenvalue weighted by molar-refractivity contribution is -0.120. The van der Waals surface area contributed by atoms with E-state index in [1.165, 1.54) is 0 Å². The van der Waals surface area contributed by atoms with Gasteiger partial charge in [0.05, 0.1) is 18.0 Å². The number of hydrogen-bond acceptors (Lipinski definition) is 4. The van der Waals surface area contributed by atoms with Gasteiger partial charge in [0.2, 0.25) is 15.9 Å². The Morgan fingerprint density at radius 1 is 1.23 bits per heavy atom. The summed E-state index contributed by atoms with van der Waals surface area (Å²) in [5.41, 5.74) is 2.68. The molecule has 1 N–H and O–H groups in total. The molecule has 2 aromatic rings. The van der Waals surface area contributed by atoms with Crippen molar-refractivity contribution in [2.24, 2.45) is 0 Å². The van der Waals surface area contributed by atoms with E-state index in [4.69, 9.17) is 16.3 Å². The van der Waals surface area contributed by atoms with Gasteiger partial charge in [0, 0.05) is 17.0 Å². The SMILES string of the molecule is Cc1ccc2c(c1)C(NC(=O)CN(c1ccc(C)c(Cl)c1)S(C)(=O)=O)CC(C)(C)O2. The lowest BCUT2D eigenvalue weighted by Gasteiger charge is -2.38. The molecule has 0 bridgehead atoms. The highest BCUT2D eigenvalue weighted by molar-refractivity contribution is 7.92. The van der Waals surface area contributed by atoms with Crippen LogP contribution in [-0.2, 0) is 14.8 Å². The molecule has 0 radical (unpaired) electrons. The lowest BCUT2D eigenvalue weighted by Crippen LogP contribution is -2.45. The van der Waals surface area contributed by atoms with Gasteiger partial charge in [-0.25, -0.2) is 8.42 Å². The number of nitrogens with zero attached hydrogens (tertiary/aromatic N) is 1. The van der Waals surface area contributed by atoms with Crippen molar-refractivity contribution >= 4 is 33.2 Å². The summed E-state index contributed by atoms with van der Waals surface area (Å²) in [7, 11) is -3.68. The largest absolute Gasteiger partial charge is 0.487 e. The highest BCUT2D eigenvalue weighted by atomic mass is 35.5. The second-order valence-electron chi connectivity index (χ2n) is 8.43. The molecular weight excluding hydrogens is 424 g/mol. The molecule has 2 aromatic carbocycles. The molecule has 0 spiro atoms. The van der Waals surface area contributed by atoms with Crippen LogP contribution in [0.3, 0.4) is 0 Å². The van der Waals surface area contributed by atoms with Crippen molar-refractivity contribution in [2.75, 3.05) is 17.1 Å². The van der Waals surface area contributed by atoms with Gasteiger partial charge in [-0.15, -0.1) is 0 Å². The Labute approximate surface area is 183 Å². The molecule has 1 heterocycles. The third-order valence-corrected chi connectivity index (χ3v) is 6.64. The van der Waals surface area contributed by atoms with E-state index in [2.05, 4.69) is 5.32 Å². The summed E-state index contributed by atoms with van der Waals surface area (Å²) in [5.74, 6) is 0.333. The highest BCUT2D eigenvalue weighted by Gasteiger charge is 2.35. The average molecular weight is 451 g/mol. The zero-order chi connectivity index (χ0) is 22.3. The maximum atomic E-state index is 12.9. The van der Waals surface area contributed by atoms with E-state index in [-0.39, 0.29) is 12.6 Å². The predicted molar refractivity (Wildman–Crippen MR) is 120 cm³/mol. The number of carbonyl (C=O) groups is 1. The van der Waals surface area contributed by atoms with Gasteiger partial charge in [-0.2, -0.15) is 0 Å². The normalized spacial score (nSPS) is 17.6. The van der Waals surface area contributed by atoms with Crippen LogP contribution in [0.25, 0.3) is 0 Å². The molecular formula is C22H27ClN2O4S. The fourth-order valence-electron chi connectivity index (χ4n) is 3.61. The molecule has 3 rings (SSSR count). The maximum absolute atomic E-state index is 12.9. The minimum absolute atomic E-state index is 0.279. The molecule has 30 heavy (non-hydrogen) atoms. The van der Waals surface area contributed by atoms with Gasteiger partial charge in [0.15, 0.2) is 0 Å². The van der Waals surface area contributed by atoms with Crippen molar-refractivity contribution in [3.05, 3.63) is 58.1 Å². The molecule has 1 unspecified atom stereocenters. The van der Waals surface area contributed by atoms with Crippen LogP contribution in [0.15, 0.2) is 36.4 Å². The minimum atomic E-state index is -3.68. The third kappa shape index (κ3) is 5.08. The van der Waals surface area contributed by atoms with Crippen molar-refractivity contribution in [3.8, 4) is 5.75 Å². The quantitative estimate of drug-likeness (QED) is 0.742. The monoisotopic (exact) mass is 450 g/mol. The second-order valence-corrected chi connectivity index (χ2v) is 10.7. The van der Waals surface area contributed by atoms with E-state index < -0.39 is 21.5 Å². The number of anilines is 1. The molecule has 1 amide bonds. The number of amides is 1. The van der Waals surface area contributed by atoms with Crippen molar-refractivity contribution in [2.45, 2.75) is 45.8 Å². The number of halogens is 1. The van der Waals surface area contributed by atoms with E-state index >= 15 is 0 Å². The number of hydrogen-bond donors (Lipinski definition) is 1. The molecule has 8 heteroatoms. The Balaban J connectivity index is 1.86. The second kappa shape index (κ2) is 8.12. The number of ether oxygens (including phenoxy) is 1. The Hall–Kier alpha value is -2.25. The van der Waals surface area contributed by atoms with Crippen molar-refractivity contribution in [1.29, 1.82) is 0 Å². The van der Waals surface area contributed by atoms with Crippen molar-refractivity contribution < 1.29 is 17.9 Å². The van der Waals surface area contributed by atoms with Gasteiger partial charge in [0.25, 0.3) is 0 Å². The smallest absolute Gasteiger partial charge is 0.241 e. The molecule has 1 aliphatic heterocycles.